The Labute approximate surface area is 200 Å². The molecule has 2 N–H and O–H groups in total. The predicted molar refractivity (Wildman–Crippen MR) is 115 cm³/mol. The number of hydrogen-bond donors (Lipinski definition) is 2. The van der Waals surface area contributed by atoms with Gasteiger partial charge < -0.3 is 29.5 Å². The van der Waals surface area contributed by atoms with Crippen molar-refractivity contribution in [1.29, 1.82) is 0 Å². The summed E-state index contributed by atoms with van der Waals surface area (Å²) in [6, 6.07) is 6.88. The summed E-state index contributed by atoms with van der Waals surface area (Å²) in [6.45, 7) is -0.488. The number of fused-ring (bicyclic) bond motifs is 5. The maximum Gasteiger partial charge on any atom is 0.453 e. The van der Waals surface area contributed by atoms with Crippen LogP contribution in [0.1, 0.15) is 50.0 Å². The Hall–Kier alpha value is -2.37. The fourth-order valence-corrected chi connectivity index (χ4v) is 5.84. The highest BCUT2D eigenvalue weighted by Gasteiger charge is 2.67. The van der Waals surface area contributed by atoms with E-state index in [9.17, 15) is 27.9 Å². The molecule has 2 bridgehead atoms. The molecule has 11 heteroatoms. The molecule has 1 aliphatic carbocycles. The number of halogens is 3. The van der Waals surface area contributed by atoms with E-state index in [1.54, 1.807) is 0 Å². The number of morpholine rings is 1. The SMILES string of the molecule is O=C1COc2ccccc2C2CCC(CC2)OCC2N1CCCC21COC(O)(C(F)(F)F)C(=O)N1. The average molecular weight is 498 g/mol. The molecule has 0 radical (unpaired) electrons. The first kappa shape index (κ1) is 24.3. The van der Waals surface area contributed by atoms with Gasteiger partial charge in [-0.15, -0.1) is 0 Å². The molecule has 2 saturated heterocycles. The quantitative estimate of drug-likeness (QED) is 0.570. The summed E-state index contributed by atoms with van der Waals surface area (Å²) < 4.78 is 57.0. The number of aliphatic hydroxyl groups is 1. The number of nitrogens with one attached hydrogen (secondary N) is 1. The van der Waals surface area contributed by atoms with Gasteiger partial charge in [0.2, 0.25) is 0 Å². The van der Waals surface area contributed by atoms with Crippen LogP contribution in [0.15, 0.2) is 24.3 Å². The van der Waals surface area contributed by atoms with Gasteiger partial charge in [-0.05, 0) is 56.1 Å². The largest absolute Gasteiger partial charge is 0.483 e. The second kappa shape index (κ2) is 8.94. The summed E-state index contributed by atoms with van der Waals surface area (Å²) in [6.07, 6.45) is -1.30. The van der Waals surface area contributed by atoms with Gasteiger partial charge in [-0.3, -0.25) is 9.59 Å². The van der Waals surface area contributed by atoms with E-state index in [-0.39, 0.29) is 31.6 Å². The number of rotatable bonds is 0. The molecular weight excluding hydrogens is 469 g/mol. The van der Waals surface area contributed by atoms with Gasteiger partial charge >= 0.3 is 12.0 Å². The lowest BCUT2D eigenvalue weighted by Crippen LogP contribution is -2.77. The summed E-state index contributed by atoms with van der Waals surface area (Å²) in [5.41, 5.74) is -0.262. The molecule has 1 saturated carbocycles. The van der Waals surface area contributed by atoms with E-state index in [1.165, 1.54) is 4.90 Å². The topological polar surface area (TPSA) is 97.3 Å². The number of benzene rings is 1. The van der Waals surface area contributed by atoms with Crippen molar-refractivity contribution in [3.63, 3.8) is 0 Å². The van der Waals surface area contributed by atoms with Crippen LogP contribution in [-0.4, -0.2) is 77.8 Å². The molecular formula is C24H29F3N2O6. The summed E-state index contributed by atoms with van der Waals surface area (Å²) in [5.74, 6) is -5.02. The third kappa shape index (κ3) is 4.27. The highest BCUT2D eigenvalue weighted by Crippen LogP contribution is 2.42. The Morgan fingerprint density at radius 1 is 1.11 bits per heavy atom. The minimum Gasteiger partial charge on any atom is -0.483 e. The van der Waals surface area contributed by atoms with Crippen molar-refractivity contribution in [3.05, 3.63) is 29.8 Å². The molecule has 1 aromatic rings. The first-order chi connectivity index (χ1) is 16.6. The van der Waals surface area contributed by atoms with Crippen LogP contribution < -0.4 is 10.1 Å². The molecule has 0 aromatic heterocycles. The third-order valence-corrected chi connectivity index (χ3v) is 7.82. The molecule has 3 unspecified atom stereocenters. The van der Waals surface area contributed by atoms with Gasteiger partial charge in [-0.1, -0.05) is 18.2 Å². The number of ether oxygens (including phenoxy) is 3. The summed E-state index contributed by atoms with van der Waals surface area (Å²) in [7, 11) is 0. The lowest BCUT2D eigenvalue weighted by Gasteiger charge is -2.53. The summed E-state index contributed by atoms with van der Waals surface area (Å²) in [5, 5.41) is 12.3. The minimum atomic E-state index is -5.30. The molecule has 5 aliphatic rings. The van der Waals surface area contributed by atoms with Crippen LogP contribution in [0.4, 0.5) is 13.2 Å². The van der Waals surface area contributed by atoms with Gasteiger partial charge in [-0.2, -0.15) is 13.2 Å². The number of carbonyl (C=O) groups excluding carboxylic acids is 2. The standard InChI is InChI=1S/C24H29F3N2O6/c25-24(26,27)23(32)21(31)28-22(14-35-23)10-3-11-29-19(22)12-33-16-8-6-15(7-9-16)17-4-1-2-5-18(17)34-13-20(29)30/h1-2,4-5,15-16,19,32H,3,6-14H2,(H,28,31). The van der Waals surface area contributed by atoms with Crippen molar-refractivity contribution in [1.82, 2.24) is 10.2 Å². The highest BCUT2D eigenvalue weighted by molar-refractivity contribution is 5.86. The monoisotopic (exact) mass is 498 g/mol. The van der Waals surface area contributed by atoms with Crippen LogP contribution in [0.25, 0.3) is 0 Å². The Kier molecular flexibility index (Phi) is 6.21. The fraction of sp³-hybridized carbons (Fsp3) is 0.667. The van der Waals surface area contributed by atoms with Gasteiger partial charge in [0.15, 0.2) is 6.61 Å². The van der Waals surface area contributed by atoms with Crippen molar-refractivity contribution in [3.8, 4) is 5.75 Å². The predicted octanol–water partition coefficient (Wildman–Crippen LogP) is 2.25. The number of hydrogen-bond acceptors (Lipinski definition) is 6. The minimum absolute atomic E-state index is 0.0299. The fourth-order valence-electron chi connectivity index (χ4n) is 5.84. The molecule has 1 spiro atoms. The molecule has 192 valence electrons. The molecule has 4 aliphatic heterocycles. The second-order valence-electron chi connectivity index (χ2n) is 9.88. The van der Waals surface area contributed by atoms with Crippen molar-refractivity contribution < 1.29 is 42.1 Å². The van der Waals surface area contributed by atoms with Crippen LogP contribution in [0.2, 0.25) is 0 Å². The number of piperidine rings is 1. The van der Waals surface area contributed by atoms with Gasteiger partial charge in [0.05, 0.1) is 30.9 Å². The number of amides is 2. The van der Waals surface area contributed by atoms with Gasteiger partial charge in [0.25, 0.3) is 11.8 Å². The van der Waals surface area contributed by atoms with Crippen molar-refractivity contribution in [2.24, 2.45) is 0 Å². The van der Waals surface area contributed by atoms with E-state index in [1.807, 2.05) is 24.3 Å². The average Bonchev–Trinajstić information content (AvgIpc) is 2.85. The van der Waals surface area contributed by atoms with E-state index in [0.29, 0.717) is 24.6 Å². The number of carbonyl (C=O) groups is 2. The first-order valence-corrected chi connectivity index (χ1v) is 12.0. The van der Waals surface area contributed by atoms with E-state index >= 15 is 0 Å². The summed E-state index contributed by atoms with van der Waals surface area (Å²) in [4.78, 5) is 27.3. The molecule has 3 atom stereocenters. The zero-order chi connectivity index (χ0) is 24.8. The lowest BCUT2D eigenvalue weighted by atomic mass is 9.79. The van der Waals surface area contributed by atoms with Gasteiger partial charge in [0, 0.05) is 6.54 Å². The van der Waals surface area contributed by atoms with Crippen LogP contribution in [0.5, 0.6) is 5.75 Å². The molecule has 8 nitrogen and oxygen atoms in total. The normalized spacial score (nSPS) is 36.2. The van der Waals surface area contributed by atoms with Gasteiger partial charge in [-0.25, -0.2) is 0 Å². The van der Waals surface area contributed by atoms with Crippen molar-refractivity contribution in [2.45, 2.75) is 74.1 Å². The van der Waals surface area contributed by atoms with E-state index in [2.05, 4.69) is 5.32 Å². The van der Waals surface area contributed by atoms with E-state index in [0.717, 1.165) is 31.2 Å². The van der Waals surface area contributed by atoms with Crippen LogP contribution in [-0.2, 0) is 19.1 Å². The van der Waals surface area contributed by atoms with Crippen LogP contribution >= 0.6 is 0 Å². The Balaban J connectivity index is 1.44. The van der Waals surface area contributed by atoms with Crippen LogP contribution in [0, 0.1) is 0 Å². The Morgan fingerprint density at radius 2 is 1.86 bits per heavy atom. The number of para-hydroxylation sites is 1. The molecule has 35 heavy (non-hydrogen) atoms. The number of alkyl halides is 3. The maximum atomic E-state index is 13.3. The highest BCUT2D eigenvalue weighted by atomic mass is 19.4. The molecule has 2 amide bonds. The third-order valence-electron chi connectivity index (χ3n) is 7.82. The molecule has 1 aromatic carbocycles. The summed E-state index contributed by atoms with van der Waals surface area (Å²) >= 11 is 0. The molecule has 3 fully saturated rings. The second-order valence-corrected chi connectivity index (χ2v) is 9.88. The Bertz CT molecular complexity index is 982. The van der Waals surface area contributed by atoms with Crippen molar-refractivity contribution >= 4 is 11.8 Å². The van der Waals surface area contributed by atoms with Gasteiger partial charge in [0.1, 0.15) is 5.75 Å². The smallest absolute Gasteiger partial charge is 0.453 e. The van der Waals surface area contributed by atoms with Crippen molar-refractivity contribution in [2.75, 3.05) is 26.4 Å². The van der Waals surface area contributed by atoms with E-state index < -0.39 is 36.1 Å². The first-order valence-electron chi connectivity index (χ1n) is 12.0. The molecule has 6 rings (SSSR count). The maximum absolute atomic E-state index is 13.3. The van der Waals surface area contributed by atoms with E-state index in [4.69, 9.17) is 14.2 Å². The lowest BCUT2D eigenvalue weighted by molar-refractivity contribution is -0.359. The zero-order valence-electron chi connectivity index (χ0n) is 19.2. The number of nitrogens with zero attached hydrogens (tertiary/aromatic N) is 1. The zero-order valence-corrected chi connectivity index (χ0v) is 19.2. The Morgan fingerprint density at radius 3 is 2.57 bits per heavy atom. The van der Waals surface area contributed by atoms with Crippen LogP contribution in [0.3, 0.4) is 0 Å². The molecule has 4 heterocycles.